The molecule has 1 unspecified atom stereocenters. The monoisotopic (exact) mass is 296 g/mol. The van der Waals surface area contributed by atoms with Gasteiger partial charge < -0.3 is 4.74 Å². The zero-order valence-corrected chi connectivity index (χ0v) is 11.4. The number of benzene rings is 1. The quantitative estimate of drug-likeness (QED) is 0.597. The molecule has 0 spiro atoms. The van der Waals surface area contributed by atoms with Crippen LogP contribution in [0.4, 0.5) is 17.6 Å². The number of thiol groups is 1. The van der Waals surface area contributed by atoms with Gasteiger partial charge in [0.1, 0.15) is 11.6 Å². The van der Waals surface area contributed by atoms with Crippen LogP contribution in [-0.4, -0.2) is 12.4 Å². The van der Waals surface area contributed by atoms with Crippen LogP contribution in [0.15, 0.2) is 18.2 Å². The van der Waals surface area contributed by atoms with Gasteiger partial charge in [-0.25, -0.2) is 4.39 Å². The predicted molar refractivity (Wildman–Crippen MR) is 69.1 cm³/mol. The van der Waals surface area contributed by atoms with Crippen LogP contribution in [0.3, 0.4) is 0 Å². The highest BCUT2D eigenvalue weighted by molar-refractivity contribution is 7.80. The van der Waals surface area contributed by atoms with Gasteiger partial charge in [-0.15, -0.1) is 0 Å². The van der Waals surface area contributed by atoms with E-state index in [0.29, 0.717) is 18.6 Å². The maximum atomic E-state index is 13.0. The number of halogens is 4. The van der Waals surface area contributed by atoms with E-state index < -0.39 is 17.6 Å². The first-order chi connectivity index (χ1) is 8.84. The molecule has 0 bridgehead atoms. The normalized spacial score (nSPS) is 13.4. The topological polar surface area (TPSA) is 9.23 Å². The van der Waals surface area contributed by atoms with E-state index in [-0.39, 0.29) is 5.75 Å². The van der Waals surface area contributed by atoms with Crippen molar-refractivity contribution in [2.75, 3.05) is 12.4 Å². The summed E-state index contributed by atoms with van der Waals surface area (Å²) >= 11 is 4.10. The smallest absolute Gasteiger partial charge is 0.419 e. The van der Waals surface area contributed by atoms with Gasteiger partial charge in [0.2, 0.25) is 0 Å². The van der Waals surface area contributed by atoms with Crippen molar-refractivity contribution in [1.82, 2.24) is 0 Å². The molecule has 0 N–H and O–H groups in total. The van der Waals surface area contributed by atoms with Crippen LogP contribution < -0.4 is 4.74 Å². The number of hydrogen-bond donors (Lipinski definition) is 1. The lowest BCUT2D eigenvalue weighted by Crippen LogP contribution is -2.09. The van der Waals surface area contributed by atoms with Gasteiger partial charge in [-0.05, 0) is 42.7 Å². The summed E-state index contributed by atoms with van der Waals surface area (Å²) in [5.41, 5.74) is -1.30. The van der Waals surface area contributed by atoms with E-state index in [4.69, 9.17) is 4.74 Å². The Morgan fingerprint density at radius 3 is 2.53 bits per heavy atom. The molecule has 0 saturated heterocycles. The van der Waals surface area contributed by atoms with Crippen LogP contribution in [0.5, 0.6) is 5.75 Å². The van der Waals surface area contributed by atoms with Gasteiger partial charge >= 0.3 is 6.18 Å². The third kappa shape index (κ3) is 5.30. The van der Waals surface area contributed by atoms with E-state index in [2.05, 4.69) is 12.6 Å². The summed E-state index contributed by atoms with van der Waals surface area (Å²) in [6.07, 6.45) is -3.06. The molecule has 0 aliphatic rings. The van der Waals surface area contributed by atoms with Crippen molar-refractivity contribution in [2.24, 2.45) is 5.92 Å². The van der Waals surface area contributed by atoms with E-state index >= 15 is 0 Å². The van der Waals surface area contributed by atoms with Gasteiger partial charge in [-0.3, -0.25) is 0 Å². The molecule has 1 nitrogen and oxygen atoms in total. The molecule has 108 valence electrons. The van der Waals surface area contributed by atoms with E-state index in [1.54, 1.807) is 0 Å². The molecule has 0 fully saturated rings. The van der Waals surface area contributed by atoms with Crippen LogP contribution in [0.25, 0.3) is 0 Å². The fraction of sp³-hybridized carbons (Fsp3) is 0.538. The second-order valence-electron chi connectivity index (χ2n) is 4.39. The molecule has 1 aromatic carbocycles. The van der Waals surface area contributed by atoms with Gasteiger partial charge in [0.25, 0.3) is 0 Å². The van der Waals surface area contributed by atoms with Crippen molar-refractivity contribution in [3.05, 3.63) is 29.6 Å². The molecule has 1 rings (SSSR count). The minimum absolute atomic E-state index is 0.0341. The number of alkyl halides is 3. The molecular formula is C13H16F4OS. The fourth-order valence-electron chi connectivity index (χ4n) is 1.55. The van der Waals surface area contributed by atoms with E-state index in [0.717, 1.165) is 24.7 Å². The molecule has 0 aliphatic heterocycles. The summed E-state index contributed by atoms with van der Waals surface area (Å²) in [7, 11) is 0. The van der Waals surface area contributed by atoms with Gasteiger partial charge in [-0.1, -0.05) is 6.92 Å². The van der Waals surface area contributed by atoms with Crippen molar-refractivity contribution in [3.63, 3.8) is 0 Å². The molecule has 0 aromatic heterocycles. The Morgan fingerprint density at radius 1 is 1.26 bits per heavy atom. The van der Waals surface area contributed by atoms with Crippen molar-refractivity contribution in [3.8, 4) is 5.75 Å². The number of rotatable bonds is 6. The van der Waals surface area contributed by atoms with E-state index in [9.17, 15) is 17.6 Å². The zero-order chi connectivity index (χ0) is 14.5. The number of hydrogen-bond acceptors (Lipinski definition) is 2. The van der Waals surface area contributed by atoms with Gasteiger partial charge in [0.05, 0.1) is 12.2 Å². The van der Waals surface area contributed by atoms with Crippen molar-refractivity contribution in [1.29, 1.82) is 0 Å². The van der Waals surface area contributed by atoms with Gasteiger partial charge in [0, 0.05) is 0 Å². The average Bonchev–Trinajstić information content (AvgIpc) is 2.30. The van der Waals surface area contributed by atoms with Crippen molar-refractivity contribution >= 4 is 12.6 Å². The Labute approximate surface area is 115 Å². The largest absolute Gasteiger partial charge is 0.494 e. The molecule has 1 aromatic rings. The lowest BCUT2D eigenvalue weighted by Gasteiger charge is -2.13. The Kier molecular flexibility index (Phi) is 5.97. The van der Waals surface area contributed by atoms with E-state index in [1.807, 2.05) is 6.92 Å². The average molecular weight is 296 g/mol. The van der Waals surface area contributed by atoms with Crippen LogP contribution in [0.2, 0.25) is 0 Å². The lowest BCUT2D eigenvalue weighted by atomic mass is 10.1. The molecule has 0 heterocycles. The Hall–Kier alpha value is -0.910. The standard InChI is InChI=1S/C13H16F4OS/c1-9(5-7-19)4-6-18-10-2-3-12(14)11(8-10)13(15,16)17/h2-3,8-9,19H,4-7H2,1H3. The summed E-state index contributed by atoms with van der Waals surface area (Å²) < 4.78 is 55.7. The summed E-state index contributed by atoms with van der Waals surface area (Å²) in [5, 5.41) is 0. The number of ether oxygens (including phenoxy) is 1. The third-order valence-corrected chi connectivity index (χ3v) is 3.00. The van der Waals surface area contributed by atoms with Gasteiger partial charge in [0.15, 0.2) is 0 Å². The zero-order valence-electron chi connectivity index (χ0n) is 10.5. The summed E-state index contributed by atoms with van der Waals surface area (Å²) in [6, 6.07) is 2.67. The maximum Gasteiger partial charge on any atom is 0.419 e. The molecule has 0 aliphatic carbocycles. The predicted octanol–water partition coefficient (Wildman–Crippen LogP) is 4.57. The van der Waals surface area contributed by atoms with Crippen LogP contribution >= 0.6 is 12.6 Å². The summed E-state index contributed by atoms with van der Waals surface area (Å²) in [5.74, 6) is -0.106. The van der Waals surface area contributed by atoms with E-state index in [1.165, 1.54) is 6.07 Å². The van der Waals surface area contributed by atoms with Crippen LogP contribution in [0, 0.1) is 11.7 Å². The Bertz CT molecular complexity index is 406. The molecule has 6 heteroatoms. The summed E-state index contributed by atoms with van der Waals surface area (Å²) in [6.45, 7) is 2.32. The van der Waals surface area contributed by atoms with Crippen molar-refractivity contribution in [2.45, 2.75) is 25.9 Å². The maximum absolute atomic E-state index is 13.0. The molecule has 0 saturated carbocycles. The molecular weight excluding hydrogens is 280 g/mol. The highest BCUT2D eigenvalue weighted by atomic mass is 32.1. The Balaban J connectivity index is 2.60. The molecule has 0 radical (unpaired) electrons. The SMILES string of the molecule is CC(CCS)CCOc1ccc(F)c(C(F)(F)F)c1. The highest BCUT2D eigenvalue weighted by Gasteiger charge is 2.34. The minimum Gasteiger partial charge on any atom is -0.494 e. The molecule has 0 amide bonds. The first-order valence-electron chi connectivity index (χ1n) is 5.95. The summed E-state index contributed by atoms with van der Waals surface area (Å²) in [4.78, 5) is 0. The second-order valence-corrected chi connectivity index (χ2v) is 4.84. The molecule has 1 atom stereocenters. The van der Waals surface area contributed by atoms with Gasteiger partial charge in [-0.2, -0.15) is 25.8 Å². The minimum atomic E-state index is -4.71. The second kappa shape index (κ2) is 7.03. The van der Waals surface area contributed by atoms with Crippen LogP contribution in [0.1, 0.15) is 25.3 Å². The lowest BCUT2D eigenvalue weighted by molar-refractivity contribution is -0.140. The fourth-order valence-corrected chi connectivity index (χ4v) is 1.99. The highest BCUT2D eigenvalue weighted by Crippen LogP contribution is 2.33. The third-order valence-electron chi connectivity index (χ3n) is 2.74. The first-order valence-corrected chi connectivity index (χ1v) is 6.58. The first kappa shape index (κ1) is 16.1. The van der Waals surface area contributed by atoms with Crippen molar-refractivity contribution < 1.29 is 22.3 Å². The molecule has 19 heavy (non-hydrogen) atoms. The Morgan fingerprint density at radius 2 is 1.95 bits per heavy atom. The van der Waals surface area contributed by atoms with Crippen LogP contribution in [-0.2, 0) is 6.18 Å².